The molecule has 1 aliphatic rings. The SMILES string of the molecule is O=C(O)N1CCN(c2cccc(CF)c2)CC1. The first-order valence-electron chi connectivity index (χ1n) is 5.58. The first-order chi connectivity index (χ1) is 8.20. The number of piperazine rings is 1. The largest absolute Gasteiger partial charge is 0.465 e. The third-order valence-corrected chi connectivity index (χ3v) is 2.98. The van der Waals surface area contributed by atoms with Crippen LogP contribution in [0, 0.1) is 0 Å². The van der Waals surface area contributed by atoms with Crippen LogP contribution < -0.4 is 4.90 Å². The van der Waals surface area contributed by atoms with E-state index < -0.39 is 12.8 Å². The molecule has 4 nitrogen and oxygen atoms in total. The van der Waals surface area contributed by atoms with Gasteiger partial charge in [0.05, 0.1) is 0 Å². The lowest BCUT2D eigenvalue weighted by Gasteiger charge is -2.34. The van der Waals surface area contributed by atoms with Crippen molar-refractivity contribution in [3.63, 3.8) is 0 Å². The molecule has 1 aromatic rings. The molecule has 92 valence electrons. The standard InChI is InChI=1S/C12H15FN2O2/c13-9-10-2-1-3-11(8-10)14-4-6-15(7-5-14)12(16)17/h1-3,8H,4-7,9H2,(H,16,17). The molecular weight excluding hydrogens is 223 g/mol. The molecule has 1 amide bonds. The van der Waals surface area contributed by atoms with Gasteiger partial charge < -0.3 is 14.9 Å². The van der Waals surface area contributed by atoms with E-state index in [9.17, 15) is 9.18 Å². The van der Waals surface area contributed by atoms with Gasteiger partial charge in [0.1, 0.15) is 6.67 Å². The minimum Gasteiger partial charge on any atom is -0.465 e. The van der Waals surface area contributed by atoms with Crippen LogP contribution in [-0.4, -0.2) is 42.3 Å². The Balaban J connectivity index is 2.02. The van der Waals surface area contributed by atoms with Gasteiger partial charge in [0.2, 0.25) is 0 Å². The van der Waals surface area contributed by atoms with Crippen LogP contribution in [0.25, 0.3) is 0 Å². The summed E-state index contributed by atoms with van der Waals surface area (Å²) in [5, 5.41) is 8.84. The van der Waals surface area contributed by atoms with Crippen molar-refractivity contribution in [1.29, 1.82) is 0 Å². The average molecular weight is 238 g/mol. The monoisotopic (exact) mass is 238 g/mol. The van der Waals surface area contributed by atoms with Crippen molar-refractivity contribution in [2.45, 2.75) is 6.67 Å². The maximum Gasteiger partial charge on any atom is 0.407 e. The van der Waals surface area contributed by atoms with E-state index in [4.69, 9.17) is 5.11 Å². The van der Waals surface area contributed by atoms with E-state index in [1.54, 1.807) is 6.07 Å². The van der Waals surface area contributed by atoms with Gasteiger partial charge in [-0.3, -0.25) is 0 Å². The quantitative estimate of drug-likeness (QED) is 0.856. The van der Waals surface area contributed by atoms with E-state index in [0.717, 1.165) is 5.69 Å². The third kappa shape index (κ3) is 2.67. The number of nitrogens with zero attached hydrogens (tertiary/aromatic N) is 2. The normalized spacial score (nSPS) is 16.1. The Kier molecular flexibility index (Phi) is 3.46. The molecule has 0 aliphatic carbocycles. The van der Waals surface area contributed by atoms with Crippen LogP contribution >= 0.6 is 0 Å². The number of hydrogen-bond acceptors (Lipinski definition) is 2. The van der Waals surface area contributed by atoms with E-state index in [0.29, 0.717) is 31.7 Å². The fourth-order valence-corrected chi connectivity index (χ4v) is 1.99. The number of halogens is 1. The lowest BCUT2D eigenvalue weighted by atomic mass is 10.2. The summed E-state index contributed by atoms with van der Waals surface area (Å²) in [6.45, 7) is 1.83. The number of benzene rings is 1. The summed E-state index contributed by atoms with van der Waals surface area (Å²) in [4.78, 5) is 14.2. The Labute approximate surface area is 99.3 Å². The average Bonchev–Trinajstić information content (AvgIpc) is 2.39. The van der Waals surface area contributed by atoms with E-state index in [1.165, 1.54) is 4.90 Å². The van der Waals surface area contributed by atoms with E-state index in [-0.39, 0.29) is 0 Å². The lowest BCUT2D eigenvalue weighted by Crippen LogP contribution is -2.48. The smallest absolute Gasteiger partial charge is 0.407 e. The fourth-order valence-electron chi connectivity index (χ4n) is 1.99. The predicted molar refractivity (Wildman–Crippen MR) is 63.1 cm³/mol. The molecule has 1 saturated heterocycles. The topological polar surface area (TPSA) is 43.8 Å². The lowest BCUT2D eigenvalue weighted by molar-refractivity contribution is 0.142. The van der Waals surface area contributed by atoms with E-state index in [1.807, 2.05) is 18.2 Å². The fraction of sp³-hybridized carbons (Fsp3) is 0.417. The Morgan fingerprint density at radius 1 is 1.29 bits per heavy atom. The predicted octanol–water partition coefficient (Wildman–Crippen LogP) is 1.96. The highest BCUT2D eigenvalue weighted by Gasteiger charge is 2.20. The minimum absolute atomic E-state index is 0.469. The van der Waals surface area contributed by atoms with Gasteiger partial charge in [0.15, 0.2) is 0 Å². The number of alkyl halides is 1. The number of rotatable bonds is 2. The molecule has 1 aromatic carbocycles. The molecule has 0 saturated carbocycles. The van der Waals surface area contributed by atoms with Gasteiger partial charge in [0, 0.05) is 31.9 Å². The first kappa shape index (κ1) is 11.7. The van der Waals surface area contributed by atoms with Crippen LogP contribution in [-0.2, 0) is 6.67 Å². The Morgan fingerprint density at radius 3 is 2.59 bits per heavy atom. The molecule has 0 aromatic heterocycles. The molecule has 0 radical (unpaired) electrons. The number of anilines is 1. The summed E-state index contributed by atoms with van der Waals surface area (Å²) >= 11 is 0. The molecule has 0 bridgehead atoms. The summed E-state index contributed by atoms with van der Waals surface area (Å²) in [7, 11) is 0. The zero-order chi connectivity index (χ0) is 12.3. The summed E-state index contributed by atoms with van der Waals surface area (Å²) in [6, 6.07) is 7.32. The highest BCUT2D eigenvalue weighted by molar-refractivity contribution is 5.65. The van der Waals surface area contributed by atoms with Crippen molar-refractivity contribution in [3.8, 4) is 0 Å². The molecule has 2 rings (SSSR count). The second-order valence-corrected chi connectivity index (χ2v) is 4.06. The van der Waals surface area contributed by atoms with Crippen LogP contribution in [0.15, 0.2) is 24.3 Å². The van der Waals surface area contributed by atoms with Gasteiger partial charge in [-0.25, -0.2) is 9.18 Å². The number of carboxylic acid groups (broad SMARTS) is 1. The van der Waals surface area contributed by atoms with Crippen molar-refractivity contribution in [1.82, 2.24) is 4.90 Å². The number of hydrogen-bond donors (Lipinski definition) is 1. The van der Waals surface area contributed by atoms with Gasteiger partial charge >= 0.3 is 6.09 Å². The van der Waals surface area contributed by atoms with Gasteiger partial charge in [-0.1, -0.05) is 12.1 Å². The van der Waals surface area contributed by atoms with E-state index in [2.05, 4.69) is 4.90 Å². The maximum absolute atomic E-state index is 12.5. The second-order valence-electron chi connectivity index (χ2n) is 4.06. The minimum atomic E-state index is -0.873. The highest BCUT2D eigenvalue weighted by Crippen LogP contribution is 2.18. The van der Waals surface area contributed by atoms with Gasteiger partial charge in [-0.2, -0.15) is 0 Å². The molecule has 1 heterocycles. The molecule has 0 atom stereocenters. The Hall–Kier alpha value is -1.78. The van der Waals surface area contributed by atoms with Crippen LogP contribution in [0.5, 0.6) is 0 Å². The molecule has 1 aliphatic heterocycles. The van der Waals surface area contributed by atoms with Crippen LogP contribution in [0.3, 0.4) is 0 Å². The molecule has 17 heavy (non-hydrogen) atoms. The van der Waals surface area contributed by atoms with Gasteiger partial charge in [0.25, 0.3) is 0 Å². The molecular formula is C12H15FN2O2. The first-order valence-corrected chi connectivity index (χ1v) is 5.58. The van der Waals surface area contributed by atoms with Crippen molar-refractivity contribution >= 4 is 11.8 Å². The Bertz CT molecular complexity index is 403. The summed E-state index contributed by atoms with van der Waals surface area (Å²) in [6.07, 6.45) is -0.873. The van der Waals surface area contributed by atoms with E-state index >= 15 is 0 Å². The molecule has 1 fully saturated rings. The maximum atomic E-state index is 12.5. The molecule has 0 spiro atoms. The summed E-state index contributed by atoms with van der Waals surface area (Å²) in [5.41, 5.74) is 1.62. The van der Waals surface area contributed by atoms with Crippen molar-refractivity contribution in [2.75, 3.05) is 31.1 Å². The zero-order valence-electron chi connectivity index (χ0n) is 9.47. The molecule has 0 unspecified atom stereocenters. The van der Waals surface area contributed by atoms with Crippen molar-refractivity contribution in [3.05, 3.63) is 29.8 Å². The summed E-state index contributed by atoms with van der Waals surface area (Å²) < 4.78 is 12.5. The Morgan fingerprint density at radius 2 is 2.00 bits per heavy atom. The molecule has 1 N–H and O–H groups in total. The van der Waals surface area contributed by atoms with Gasteiger partial charge in [-0.05, 0) is 17.7 Å². The number of carbonyl (C=O) groups is 1. The summed E-state index contributed by atoms with van der Waals surface area (Å²) in [5.74, 6) is 0. The molecule has 5 heteroatoms. The highest BCUT2D eigenvalue weighted by atomic mass is 19.1. The van der Waals surface area contributed by atoms with Crippen LogP contribution in [0.1, 0.15) is 5.56 Å². The van der Waals surface area contributed by atoms with Crippen LogP contribution in [0.2, 0.25) is 0 Å². The zero-order valence-corrected chi connectivity index (χ0v) is 9.47. The van der Waals surface area contributed by atoms with Gasteiger partial charge in [-0.15, -0.1) is 0 Å². The number of amides is 1. The second kappa shape index (κ2) is 5.03. The third-order valence-electron chi connectivity index (χ3n) is 2.98. The van der Waals surface area contributed by atoms with Crippen molar-refractivity contribution < 1.29 is 14.3 Å². The van der Waals surface area contributed by atoms with Crippen LogP contribution in [0.4, 0.5) is 14.9 Å². The van der Waals surface area contributed by atoms with Crippen molar-refractivity contribution in [2.24, 2.45) is 0 Å².